The van der Waals surface area contributed by atoms with Gasteiger partial charge in [0, 0.05) is 12.2 Å². The molecule has 0 radical (unpaired) electrons. The van der Waals surface area contributed by atoms with Crippen molar-refractivity contribution < 1.29 is 0 Å². The van der Waals surface area contributed by atoms with Crippen LogP contribution in [0.4, 0.5) is 0 Å². The number of hydrogen-bond donors (Lipinski definition) is 0. The Kier molecular flexibility index (Phi) is 1.77. The Labute approximate surface area is 60.9 Å². The van der Waals surface area contributed by atoms with Crippen LogP contribution in [0.25, 0.3) is 0 Å². The van der Waals surface area contributed by atoms with Crippen LogP contribution in [-0.2, 0) is 0 Å². The minimum Gasteiger partial charge on any atom is -0.269 e. The first-order valence-corrected chi connectivity index (χ1v) is 3.26. The predicted octanol–water partition coefficient (Wildman–Crippen LogP) is 1.45. The third kappa shape index (κ3) is 1.19. The van der Waals surface area contributed by atoms with Gasteiger partial charge in [0.15, 0.2) is 0 Å². The Morgan fingerprint density at radius 1 is 1.70 bits per heavy atom. The zero-order chi connectivity index (χ0) is 7.56. The van der Waals surface area contributed by atoms with Crippen molar-refractivity contribution >= 4 is 0 Å². The molecule has 52 valence electrons. The van der Waals surface area contributed by atoms with Gasteiger partial charge >= 0.3 is 0 Å². The molecule has 0 unspecified atom stereocenters. The van der Waals surface area contributed by atoms with Crippen molar-refractivity contribution in [2.75, 3.05) is 0 Å². The molecule has 0 aliphatic rings. The largest absolute Gasteiger partial charge is 0.269 e. The van der Waals surface area contributed by atoms with Crippen molar-refractivity contribution in [3.63, 3.8) is 0 Å². The van der Waals surface area contributed by atoms with Gasteiger partial charge in [0.2, 0.25) is 0 Å². The van der Waals surface area contributed by atoms with Gasteiger partial charge in [-0.25, -0.2) is 0 Å². The molecule has 1 aromatic heterocycles. The molecule has 0 aromatic carbocycles. The molecule has 0 aliphatic heterocycles. The van der Waals surface area contributed by atoms with Crippen LogP contribution in [0.5, 0.6) is 0 Å². The number of hydrogen-bond acceptors (Lipinski definition) is 1. The van der Waals surface area contributed by atoms with Gasteiger partial charge in [-0.05, 0) is 25.8 Å². The van der Waals surface area contributed by atoms with Gasteiger partial charge in [0.25, 0.3) is 0 Å². The van der Waals surface area contributed by atoms with Crippen molar-refractivity contribution in [3.05, 3.63) is 18.0 Å². The fourth-order valence-electron chi connectivity index (χ4n) is 0.703. The predicted molar refractivity (Wildman–Crippen MR) is 40.5 cm³/mol. The Morgan fingerprint density at radius 3 is 2.70 bits per heavy atom. The van der Waals surface area contributed by atoms with Crippen LogP contribution >= 0.6 is 0 Å². The molecule has 2 heteroatoms. The van der Waals surface area contributed by atoms with Crippen LogP contribution in [0.15, 0.2) is 12.3 Å². The van der Waals surface area contributed by atoms with Gasteiger partial charge in [-0.1, -0.05) is 0 Å². The second-order valence-electron chi connectivity index (χ2n) is 2.42. The normalized spacial score (nSPS) is 9.80. The fraction of sp³-hybridized carbons (Fsp3) is 0.375. The number of rotatable bonds is 1. The molecule has 0 aliphatic carbocycles. The highest BCUT2D eigenvalue weighted by Crippen LogP contribution is 2.02. The Hall–Kier alpha value is -1.23. The SMILES string of the molecule is C#Cc1ccn(C(C)C)n1. The Bertz CT molecular complexity index is 252. The highest BCUT2D eigenvalue weighted by atomic mass is 15.3. The molecule has 0 fully saturated rings. The van der Waals surface area contributed by atoms with Crippen LogP contribution in [-0.4, -0.2) is 9.78 Å². The maximum atomic E-state index is 5.14. The van der Waals surface area contributed by atoms with E-state index in [4.69, 9.17) is 6.42 Å². The second-order valence-corrected chi connectivity index (χ2v) is 2.42. The topological polar surface area (TPSA) is 17.8 Å². The average molecular weight is 134 g/mol. The molecule has 0 spiro atoms. The van der Waals surface area contributed by atoms with Crippen LogP contribution in [0.3, 0.4) is 0 Å². The monoisotopic (exact) mass is 134 g/mol. The zero-order valence-corrected chi connectivity index (χ0v) is 6.20. The van der Waals surface area contributed by atoms with E-state index in [0.29, 0.717) is 11.7 Å². The van der Waals surface area contributed by atoms with E-state index in [0.717, 1.165) is 0 Å². The van der Waals surface area contributed by atoms with Crippen LogP contribution in [0, 0.1) is 12.3 Å². The molecule has 0 amide bonds. The summed E-state index contributed by atoms with van der Waals surface area (Å²) in [5, 5.41) is 4.11. The van der Waals surface area contributed by atoms with E-state index in [-0.39, 0.29) is 0 Å². The first-order chi connectivity index (χ1) is 4.74. The van der Waals surface area contributed by atoms with Crippen molar-refractivity contribution in [1.82, 2.24) is 9.78 Å². The third-order valence-corrected chi connectivity index (χ3v) is 1.29. The molecular weight excluding hydrogens is 124 g/mol. The Balaban J connectivity index is 2.91. The van der Waals surface area contributed by atoms with Gasteiger partial charge in [-0.2, -0.15) is 5.10 Å². The lowest BCUT2D eigenvalue weighted by atomic mass is 10.4. The summed E-state index contributed by atoms with van der Waals surface area (Å²) >= 11 is 0. The van der Waals surface area contributed by atoms with Crippen molar-refractivity contribution in [2.45, 2.75) is 19.9 Å². The fourth-order valence-corrected chi connectivity index (χ4v) is 0.703. The summed E-state index contributed by atoms with van der Waals surface area (Å²) < 4.78 is 1.84. The van der Waals surface area contributed by atoms with Crippen molar-refractivity contribution in [3.8, 4) is 12.3 Å². The lowest BCUT2D eigenvalue weighted by Crippen LogP contribution is -2.00. The lowest BCUT2D eigenvalue weighted by Gasteiger charge is -2.02. The molecule has 1 rings (SSSR count). The van der Waals surface area contributed by atoms with Gasteiger partial charge in [-0.15, -0.1) is 6.42 Å². The highest BCUT2D eigenvalue weighted by molar-refractivity contribution is 5.21. The second kappa shape index (κ2) is 2.57. The maximum Gasteiger partial charge on any atom is 0.134 e. The van der Waals surface area contributed by atoms with E-state index in [1.807, 2.05) is 16.9 Å². The molecule has 0 N–H and O–H groups in total. The summed E-state index contributed by atoms with van der Waals surface area (Å²) in [7, 11) is 0. The molecule has 0 atom stereocenters. The molecule has 0 bridgehead atoms. The smallest absolute Gasteiger partial charge is 0.134 e. The van der Waals surface area contributed by atoms with Crippen molar-refractivity contribution in [1.29, 1.82) is 0 Å². The number of aromatic nitrogens is 2. The van der Waals surface area contributed by atoms with E-state index in [2.05, 4.69) is 24.9 Å². The molecule has 1 heterocycles. The summed E-state index contributed by atoms with van der Waals surface area (Å²) in [5.41, 5.74) is 0.703. The van der Waals surface area contributed by atoms with Crippen molar-refractivity contribution in [2.24, 2.45) is 0 Å². The van der Waals surface area contributed by atoms with Gasteiger partial charge in [-0.3, -0.25) is 4.68 Å². The number of terminal acetylenes is 1. The summed E-state index contributed by atoms with van der Waals surface area (Å²) in [4.78, 5) is 0. The number of nitrogens with zero attached hydrogens (tertiary/aromatic N) is 2. The standard InChI is InChI=1S/C8H10N2/c1-4-8-5-6-10(9-8)7(2)3/h1,5-7H,2-3H3. The minimum atomic E-state index is 0.391. The quantitative estimate of drug-likeness (QED) is 0.531. The van der Waals surface area contributed by atoms with E-state index >= 15 is 0 Å². The first-order valence-electron chi connectivity index (χ1n) is 3.26. The summed E-state index contributed by atoms with van der Waals surface area (Å²) in [6.45, 7) is 4.13. The molecule has 0 saturated carbocycles. The summed E-state index contributed by atoms with van der Waals surface area (Å²) in [6, 6.07) is 2.22. The van der Waals surface area contributed by atoms with E-state index in [1.54, 1.807) is 0 Å². The highest BCUT2D eigenvalue weighted by Gasteiger charge is 1.97. The maximum absolute atomic E-state index is 5.14. The third-order valence-electron chi connectivity index (χ3n) is 1.29. The van der Waals surface area contributed by atoms with E-state index in [1.165, 1.54) is 0 Å². The minimum absolute atomic E-state index is 0.391. The Morgan fingerprint density at radius 2 is 2.40 bits per heavy atom. The van der Waals surface area contributed by atoms with E-state index < -0.39 is 0 Å². The molecule has 10 heavy (non-hydrogen) atoms. The van der Waals surface area contributed by atoms with Gasteiger partial charge in [0.05, 0.1) is 0 Å². The first kappa shape index (κ1) is 6.88. The van der Waals surface area contributed by atoms with Gasteiger partial charge in [0.1, 0.15) is 5.69 Å². The van der Waals surface area contributed by atoms with Crippen LogP contribution in [0.1, 0.15) is 25.6 Å². The van der Waals surface area contributed by atoms with Gasteiger partial charge < -0.3 is 0 Å². The van der Waals surface area contributed by atoms with Crippen LogP contribution in [0.2, 0.25) is 0 Å². The van der Waals surface area contributed by atoms with E-state index in [9.17, 15) is 0 Å². The molecule has 0 saturated heterocycles. The molecule has 1 aromatic rings. The van der Waals surface area contributed by atoms with Crippen LogP contribution < -0.4 is 0 Å². The lowest BCUT2D eigenvalue weighted by molar-refractivity contribution is 0.531. The molecule has 2 nitrogen and oxygen atoms in total. The summed E-state index contributed by atoms with van der Waals surface area (Å²) in [5.74, 6) is 2.47. The molecular formula is C8H10N2. The average Bonchev–Trinajstić information content (AvgIpc) is 2.34. The zero-order valence-electron chi connectivity index (χ0n) is 6.20. The summed E-state index contributed by atoms with van der Waals surface area (Å²) in [6.07, 6.45) is 7.03.